The van der Waals surface area contributed by atoms with E-state index in [1.54, 1.807) is 32.2 Å². The summed E-state index contributed by atoms with van der Waals surface area (Å²) in [7, 11) is -3.16. The summed E-state index contributed by atoms with van der Waals surface area (Å²) < 4.78 is 56.3. The molecule has 0 aliphatic carbocycles. The van der Waals surface area contributed by atoms with Gasteiger partial charge in [-0.15, -0.1) is 0 Å². The first kappa shape index (κ1) is 29.5. The Morgan fingerprint density at radius 2 is 1.93 bits per heavy atom. The number of rotatable bonds is 8. The number of pyridine rings is 1. The van der Waals surface area contributed by atoms with E-state index in [0.717, 1.165) is 42.8 Å². The summed E-state index contributed by atoms with van der Waals surface area (Å²) in [5, 5.41) is 4.29. The van der Waals surface area contributed by atoms with E-state index in [2.05, 4.69) is 21.1 Å². The zero-order valence-electron chi connectivity index (χ0n) is 24.1. The number of halogens is 2. The molecular weight excluding hydrogens is 595 g/mol. The molecule has 0 bridgehead atoms. The Hall–Kier alpha value is -3.54. The molecule has 226 valence electrons. The molecule has 4 heterocycles. The van der Waals surface area contributed by atoms with E-state index in [1.807, 2.05) is 18.2 Å². The number of benzene rings is 2. The summed E-state index contributed by atoms with van der Waals surface area (Å²) in [6.07, 6.45) is 5.06. The Labute approximate surface area is 254 Å². The Bertz CT molecular complexity index is 1770. The van der Waals surface area contributed by atoms with Crippen LogP contribution < -0.4 is 9.47 Å². The lowest BCUT2D eigenvalue weighted by molar-refractivity contribution is -0.0712. The SMILES string of the molecule is Cc1nc(-c2cnc(CN3CCC(c4cccc5c4OC(C)(c4ccc(Cl)cc4F)O5)CC3)c(CCS(C)(=O)=O)c2)no1. The first-order chi connectivity index (χ1) is 20.5. The van der Waals surface area contributed by atoms with Gasteiger partial charge in [-0.05, 0) is 74.2 Å². The van der Waals surface area contributed by atoms with Gasteiger partial charge in [0, 0.05) is 49.0 Å². The first-order valence-electron chi connectivity index (χ1n) is 14.1. The van der Waals surface area contributed by atoms with Gasteiger partial charge in [0.2, 0.25) is 11.7 Å². The van der Waals surface area contributed by atoms with Gasteiger partial charge in [-0.2, -0.15) is 4.98 Å². The van der Waals surface area contributed by atoms with Crippen molar-refractivity contribution in [3.05, 3.63) is 87.8 Å². The standard InChI is InChI=1S/C31H32ClFN4O5S/c1-19-35-30(36-42-19)22-15-21(11-14-43(3,38)39)27(34-17-22)18-37-12-9-20(10-13-37)24-5-4-6-28-29(24)41-31(2,40-28)25-8-7-23(32)16-26(25)33/h4-8,15-17,20H,9-14,18H2,1-3H3. The van der Waals surface area contributed by atoms with Crippen molar-refractivity contribution < 1.29 is 26.8 Å². The Kier molecular flexibility index (Phi) is 7.91. The minimum absolute atomic E-state index is 0.0263. The van der Waals surface area contributed by atoms with Gasteiger partial charge in [-0.25, -0.2) is 12.8 Å². The fourth-order valence-corrected chi connectivity index (χ4v) is 6.53. The van der Waals surface area contributed by atoms with Gasteiger partial charge < -0.3 is 14.0 Å². The number of hydrogen-bond acceptors (Lipinski definition) is 9. The number of para-hydroxylation sites is 1. The number of fused-ring (bicyclic) bond motifs is 1. The van der Waals surface area contributed by atoms with Gasteiger partial charge in [-0.1, -0.05) is 28.9 Å². The highest BCUT2D eigenvalue weighted by atomic mass is 35.5. The molecule has 1 fully saturated rings. The summed E-state index contributed by atoms with van der Waals surface area (Å²) in [4.78, 5) is 11.3. The molecule has 2 aromatic heterocycles. The van der Waals surface area contributed by atoms with E-state index >= 15 is 0 Å². The lowest BCUT2D eigenvalue weighted by Gasteiger charge is -2.33. The Balaban J connectivity index is 1.16. The molecule has 2 aliphatic rings. The van der Waals surface area contributed by atoms with Crippen LogP contribution >= 0.6 is 11.6 Å². The third-order valence-corrected chi connectivity index (χ3v) is 9.20. The minimum Gasteiger partial charge on any atom is -0.444 e. The highest BCUT2D eigenvalue weighted by molar-refractivity contribution is 7.90. The average molecular weight is 627 g/mol. The second-order valence-electron chi connectivity index (χ2n) is 11.3. The third kappa shape index (κ3) is 6.39. The second kappa shape index (κ2) is 11.5. The fraction of sp³-hybridized carbons (Fsp3) is 0.387. The predicted molar refractivity (Wildman–Crippen MR) is 159 cm³/mol. The molecule has 9 nitrogen and oxygen atoms in total. The minimum atomic E-state index is -3.16. The number of nitrogens with zero attached hydrogens (tertiary/aromatic N) is 4. The molecular formula is C31H32ClFN4O5S. The van der Waals surface area contributed by atoms with Crippen LogP contribution in [0.2, 0.25) is 5.02 Å². The van der Waals surface area contributed by atoms with Crippen LogP contribution in [0.15, 0.2) is 53.2 Å². The lowest BCUT2D eigenvalue weighted by Crippen LogP contribution is -2.34. The van der Waals surface area contributed by atoms with Crippen molar-refractivity contribution in [3.63, 3.8) is 0 Å². The molecule has 43 heavy (non-hydrogen) atoms. The van der Waals surface area contributed by atoms with Crippen molar-refractivity contribution >= 4 is 21.4 Å². The monoisotopic (exact) mass is 626 g/mol. The molecule has 1 atom stereocenters. The lowest BCUT2D eigenvalue weighted by atomic mass is 9.88. The molecule has 0 N–H and O–H groups in total. The van der Waals surface area contributed by atoms with E-state index < -0.39 is 21.4 Å². The average Bonchev–Trinajstić information content (AvgIpc) is 3.55. The molecule has 12 heteroatoms. The Morgan fingerprint density at radius 3 is 2.63 bits per heavy atom. The smallest absolute Gasteiger partial charge is 0.278 e. The van der Waals surface area contributed by atoms with Crippen molar-refractivity contribution in [2.24, 2.45) is 0 Å². The van der Waals surface area contributed by atoms with Crippen LogP contribution in [0.5, 0.6) is 11.5 Å². The zero-order valence-corrected chi connectivity index (χ0v) is 25.7. The number of piperidine rings is 1. The van der Waals surface area contributed by atoms with E-state index in [-0.39, 0.29) is 17.2 Å². The zero-order chi connectivity index (χ0) is 30.4. The number of likely N-dealkylation sites (tertiary alicyclic amines) is 1. The van der Waals surface area contributed by atoms with Crippen LogP contribution in [0, 0.1) is 12.7 Å². The largest absolute Gasteiger partial charge is 0.444 e. The van der Waals surface area contributed by atoms with E-state index in [0.29, 0.717) is 46.8 Å². The summed E-state index contributed by atoms with van der Waals surface area (Å²) in [5.74, 6) is 0.587. The molecule has 4 aromatic rings. The van der Waals surface area contributed by atoms with Crippen LogP contribution in [0.25, 0.3) is 11.4 Å². The number of ether oxygens (including phenoxy) is 2. The van der Waals surface area contributed by atoms with Crippen LogP contribution in [0.3, 0.4) is 0 Å². The summed E-state index contributed by atoms with van der Waals surface area (Å²) >= 11 is 5.96. The van der Waals surface area contributed by atoms with Gasteiger partial charge in [0.25, 0.3) is 5.79 Å². The molecule has 6 rings (SSSR count). The van der Waals surface area contributed by atoms with E-state index in [4.69, 9.17) is 30.6 Å². The molecule has 1 unspecified atom stereocenters. The number of aryl methyl sites for hydroxylation is 2. The molecule has 2 aliphatic heterocycles. The summed E-state index contributed by atoms with van der Waals surface area (Å²) in [6, 6.07) is 12.2. The quantitative estimate of drug-likeness (QED) is 0.238. The van der Waals surface area contributed by atoms with Gasteiger partial charge in [0.1, 0.15) is 15.7 Å². The maximum Gasteiger partial charge on any atom is 0.278 e. The third-order valence-electron chi connectivity index (χ3n) is 8.02. The van der Waals surface area contributed by atoms with E-state index in [1.165, 1.54) is 12.3 Å². The molecule has 0 saturated carbocycles. The maximum absolute atomic E-state index is 14.8. The van der Waals surface area contributed by atoms with Crippen LogP contribution in [0.1, 0.15) is 54.0 Å². The highest BCUT2D eigenvalue weighted by Crippen LogP contribution is 2.49. The molecule has 0 spiro atoms. The fourth-order valence-electron chi connectivity index (χ4n) is 5.78. The summed E-state index contributed by atoms with van der Waals surface area (Å²) in [6.45, 7) is 5.66. The second-order valence-corrected chi connectivity index (χ2v) is 14.0. The summed E-state index contributed by atoms with van der Waals surface area (Å²) in [5.41, 5.74) is 3.71. The van der Waals surface area contributed by atoms with Gasteiger partial charge in [0.15, 0.2) is 11.5 Å². The molecule has 2 aromatic carbocycles. The van der Waals surface area contributed by atoms with Crippen molar-refractivity contribution in [1.82, 2.24) is 20.0 Å². The van der Waals surface area contributed by atoms with Crippen molar-refractivity contribution in [2.75, 3.05) is 25.1 Å². The maximum atomic E-state index is 14.8. The van der Waals surface area contributed by atoms with Crippen molar-refractivity contribution in [2.45, 2.75) is 51.4 Å². The van der Waals surface area contributed by atoms with Gasteiger partial charge >= 0.3 is 0 Å². The Morgan fingerprint density at radius 1 is 1.14 bits per heavy atom. The highest BCUT2D eigenvalue weighted by Gasteiger charge is 2.43. The van der Waals surface area contributed by atoms with Crippen molar-refractivity contribution in [1.29, 1.82) is 0 Å². The number of hydrogen-bond donors (Lipinski definition) is 0. The van der Waals surface area contributed by atoms with Crippen molar-refractivity contribution in [3.8, 4) is 22.9 Å². The van der Waals surface area contributed by atoms with Crippen LogP contribution in [0.4, 0.5) is 4.39 Å². The van der Waals surface area contributed by atoms with Crippen LogP contribution in [-0.2, 0) is 28.6 Å². The number of sulfone groups is 1. The predicted octanol–water partition coefficient (Wildman–Crippen LogP) is 5.84. The normalized spacial score (nSPS) is 19.2. The molecule has 0 amide bonds. The molecule has 1 saturated heterocycles. The first-order valence-corrected chi connectivity index (χ1v) is 16.6. The topological polar surface area (TPSA) is 108 Å². The van der Waals surface area contributed by atoms with E-state index in [9.17, 15) is 12.8 Å². The molecule has 0 radical (unpaired) electrons. The van der Waals surface area contributed by atoms with Gasteiger partial charge in [-0.3, -0.25) is 9.88 Å². The van der Waals surface area contributed by atoms with Gasteiger partial charge in [0.05, 0.1) is 17.0 Å². The number of aromatic nitrogens is 3. The van der Waals surface area contributed by atoms with Crippen LogP contribution in [-0.4, -0.2) is 53.5 Å².